The largest absolute Gasteiger partial charge is 0.497 e. The predicted octanol–water partition coefficient (Wildman–Crippen LogP) is 2.15. The topological polar surface area (TPSA) is 48.3 Å². The molecule has 0 saturated carbocycles. The quantitative estimate of drug-likeness (QED) is 0.829. The average Bonchev–Trinajstić information content (AvgIpc) is 2.91. The Morgan fingerprint density at radius 1 is 1.32 bits per heavy atom. The van der Waals surface area contributed by atoms with E-state index in [1.807, 2.05) is 35.3 Å². The molecule has 19 heavy (non-hydrogen) atoms. The molecule has 0 aliphatic rings. The van der Waals surface area contributed by atoms with Crippen LogP contribution >= 0.6 is 0 Å². The molecule has 0 aliphatic carbocycles. The first-order valence-electron chi connectivity index (χ1n) is 6.20. The number of nitrogens with one attached hydrogen (secondary N) is 1. The zero-order valence-corrected chi connectivity index (χ0v) is 11.3. The van der Waals surface area contributed by atoms with Gasteiger partial charge in [-0.1, -0.05) is 12.1 Å². The first-order chi connectivity index (χ1) is 9.31. The molecular weight excluding hydrogens is 242 g/mol. The summed E-state index contributed by atoms with van der Waals surface area (Å²) in [6.07, 6.45) is 3.79. The van der Waals surface area contributed by atoms with E-state index in [-0.39, 0.29) is 0 Å². The molecule has 1 aromatic heterocycles. The average molecular weight is 261 g/mol. The Bertz CT molecular complexity index is 511. The maximum atomic E-state index is 5.20. The third-order valence-corrected chi connectivity index (χ3v) is 2.79. The van der Waals surface area contributed by atoms with Gasteiger partial charge in [-0.05, 0) is 17.7 Å². The van der Waals surface area contributed by atoms with E-state index in [1.54, 1.807) is 14.2 Å². The molecule has 1 aromatic carbocycles. The Kier molecular flexibility index (Phi) is 4.80. The van der Waals surface area contributed by atoms with E-state index in [0.29, 0.717) is 6.61 Å². The van der Waals surface area contributed by atoms with Crippen molar-refractivity contribution in [2.45, 2.75) is 13.1 Å². The molecule has 0 saturated heterocycles. The number of aromatic nitrogens is 2. The second-order valence-corrected chi connectivity index (χ2v) is 4.19. The summed E-state index contributed by atoms with van der Waals surface area (Å²) in [4.78, 5) is 0. The van der Waals surface area contributed by atoms with Gasteiger partial charge in [0.25, 0.3) is 0 Å². The van der Waals surface area contributed by atoms with Crippen LogP contribution in [0.5, 0.6) is 5.75 Å². The summed E-state index contributed by atoms with van der Waals surface area (Å²) in [7, 11) is 3.36. The fourth-order valence-corrected chi connectivity index (χ4v) is 1.75. The number of nitrogens with zero attached hydrogens (tertiary/aromatic N) is 2. The van der Waals surface area contributed by atoms with Gasteiger partial charge in [0.2, 0.25) is 0 Å². The molecule has 0 fully saturated rings. The van der Waals surface area contributed by atoms with Gasteiger partial charge in [-0.25, -0.2) is 0 Å². The van der Waals surface area contributed by atoms with Crippen molar-refractivity contribution in [1.82, 2.24) is 9.78 Å². The number of benzene rings is 1. The Labute approximate surface area is 113 Å². The number of methoxy groups -OCH3 is 2. The van der Waals surface area contributed by atoms with Crippen LogP contribution in [0.3, 0.4) is 0 Å². The highest BCUT2D eigenvalue weighted by Crippen LogP contribution is 2.14. The van der Waals surface area contributed by atoms with Crippen LogP contribution in [0.2, 0.25) is 0 Å². The molecule has 0 unspecified atom stereocenters. The van der Waals surface area contributed by atoms with Gasteiger partial charge >= 0.3 is 0 Å². The molecule has 0 amide bonds. The van der Waals surface area contributed by atoms with Gasteiger partial charge in [0, 0.05) is 19.9 Å². The van der Waals surface area contributed by atoms with E-state index in [2.05, 4.69) is 16.5 Å². The first-order valence-corrected chi connectivity index (χ1v) is 6.20. The maximum Gasteiger partial charge on any atom is 0.119 e. The molecule has 2 rings (SSSR count). The highest BCUT2D eigenvalue weighted by molar-refractivity contribution is 5.40. The lowest BCUT2D eigenvalue weighted by Crippen LogP contribution is -2.04. The third-order valence-electron chi connectivity index (χ3n) is 2.79. The van der Waals surface area contributed by atoms with Gasteiger partial charge in [-0.3, -0.25) is 4.68 Å². The van der Waals surface area contributed by atoms with Crippen LogP contribution < -0.4 is 10.1 Å². The number of ether oxygens (including phenoxy) is 2. The fraction of sp³-hybridized carbons (Fsp3) is 0.357. The van der Waals surface area contributed by atoms with Gasteiger partial charge < -0.3 is 14.8 Å². The van der Waals surface area contributed by atoms with Crippen molar-refractivity contribution in [3.8, 4) is 5.75 Å². The van der Waals surface area contributed by atoms with Gasteiger partial charge in [-0.2, -0.15) is 5.10 Å². The SMILES string of the molecule is COCCn1cc(NCc2cccc(OC)c2)cn1. The van der Waals surface area contributed by atoms with E-state index in [9.17, 15) is 0 Å². The van der Waals surface area contributed by atoms with Crippen LogP contribution in [-0.4, -0.2) is 30.6 Å². The molecular formula is C14H19N3O2. The highest BCUT2D eigenvalue weighted by Gasteiger charge is 1.99. The normalized spacial score (nSPS) is 10.4. The van der Waals surface area contributed by atoms with Crippen molar-refractivity contribution in [2.75, 3.05) is 26.1 Å². The van der Waals surface area contributed by atoms with Crippen molar-refractivity contribution >= 4 is 5.69 Å². The van der Waals surface area contributed by atoms with Gasteiger partial charge in [0.05, 0.1) is 32.1 Å². The zero-order valence-electron chi connectivity index (χ0n) is 11.3. The third kappa shape index (κ3) is 3.99. The van der Waals surface area contributed by atoms with Crippen molar-refractivity contribution in [2.24, 2.45) is 0 Å². The second kappa shape index (κ2) is 6.80. The van der Waals surface area contributed by atoms with Crippen LogP contribution in [0.1, 0.15) is 5.56 Å². The lowest BCUT2D eigenvalue weighted by Gasteiger charge is -2.05. The monoisotopic (exact) mass is 261 g/mol. The fourth-order valence-electron chi connectivity index (χ4n) is 1.75. The maximum absolute atomic E-state index is 5.20. The molecule has 0 bridgehead atoms. The van der Waals surface area contributed by atoms with Crippen molar-refractivity contribution in [1.29, 1.82) is 0 Å². The van der Waals surface area contributed by atoms with Crippen LogP contribution in [0, 0.1) is 0 Å². The molecule has 1 N–H and O–H groups in total. The van der Waals surface area contributed by atoms with Gasteiger partial charge in [0.15, 0.2) is 0 Å². The molecule has 0 aliphatic heterocycles. The van der Waals surface area contributed by atoms with Crippen LogP contribution in [0.4, 0.5) is 5.69 Å². The Balaban J connectivity index is 1.89. The minimum Gasteiger partial charge on any atom is -0.497 e. The van der Waals surface area contributed by atoms with Gasteiger partial charge in [-0.15, -0.1) is 0 Å². The number of rotatable bonds is 7. The Morgan fingerprint density at radius 2 is 2.21 bits per heavy atom. The summed E-state index contributed by atoms with van der Waals surface area (Å²) in [5.41, 5.74) is 2.17. The Hall–Kier alpha value is -2.01. The standard InChI is InChI=1S/C14H19N3O2/c1-18-7-6-17-11-13(10-16-17)15-9-12-4-3-5-14(8-12)19-2/h3-5,8,10-11,15H,6-7,9H2,1-2H3. The van der Waals surface area contributed by atoms with Crippen LogP contribution in [0.25, 0.3) is 0 Å². The van der Waals surface area contributed by atoms with E-state index < -0.39 is 0 Å². The Morgan fingerprint density at radius 3 is 3.00 bits per heavy atom. The molecule has 1 heterocycles. The molecule has 2 aromatic rings. The summed E-state index contributed by atoms with van der Waals surface area (Å²) in [5.74, 6) is 0.870. The van der Waals surface area contributed by atoms with Crippen molar-refractivity contribution < 1.29 is 9.47 Å². The lowest BCUT2D eigenvalue weighted by atomic mass is 10.2. The number of anilines is 1. The first kappa shape index (κ1) is 13.4. The number of hydrogen-bond donors (Lipinski definition) is 1. The minimum atomic E-state index is 0.664. The van der Waals surface area contributed by atoms with Crippen LogP contribution in [0.15, 0.2) is 36.7 Å². The molecule has 0 atom stereocenters. The molecule has 5 heteroatoms. The van der Waals surface area contributed by atoms with E-state index in [1.165, 1.54) is 5.56 Å². The van der Waals surface area contributed by atoms with E-state index in [4.69, 9.17) is 9.47 Å². The van der Waals surface area contributed by atoms with Crippen molar-refractivity contribution in [3.63, 3.8) is 0 Å². The molecule has 0 radical (unpaired) electrons. The van der Waals surface area contributed by atoms with E-state index >= 15 is 0 Å². The molecule has 0 spiro atoms. The highest BCUT2D eigenvalue weighted by atomic mass is 16.5. The summed E-state index contributed by atoms with van der Waals surface area (Å²) >= 11 is 0. The predicted molar refractivity (Wildman–Crippen MR) is 74.4 cm³/mol. The second-order valence-electron chi connectivity index (χ2n) is 4.19. The summed E-state index contributed by atoms with van der Waals surface area (Å²) in [6, 6.07) is 8.00. The van der Waals surface area contributed by atoms with Crippen molar-refractivity contribution in [3.05, 3.63) is 42.2 Å². The smallest absolute Gasteiger partial charge is 0.119 e. The molecule has 5 nitrogen and oxygen atoms in total. The molecule has 102 valence electrons. The van der Waals surface area contributed by atoms with Crippen LogP contribution in [-0.2, 0) is 17.8 Å². The summed E-state index contributed by atoms with van der Waals surface area (Å²) in [5, 5.41) is 7.58. The summed E-state index contributed by atoms with van der Waals surface area (Å²) < 4.78 is 12.1. The zero-order chi connectivity index (χ0) is 13.5. The van der Waals surface area contributed by atoms with Gasteiger partial charge in [0.1, 0.15) is 5.75 Å². The minimum absolute atomic E-state index is 0.664. The summed E-state index contributed by atoms with van der Waals surface area (Å²) in [6.45, 7) is 2.17. The van der Waals surface area contributed by atoms with E-state index in [0.717, 1.165) is 24.5 Å². The number of hydrogen-bond acceptors (Lipinski definition) is 4. The lowest BCUT2D eigenvalue weighted by molar-refractivity contribution is 0.183.